The maximum atomic E-state index is 13.0. The minimum absolute atomic E-state index is 0.00153. The Morgan fingerprint density at radius 1 is 1.25 bits per heavy atom. The van der Waals surface area contributed by atoms with E-state index in [-0.39, 0.29) is 22.9 Å². The molecule has 3 aromatic rings. The van der Waals surface area contributed by atoms with E-state index in [1.807, 2.05) is 4.90 Å². The van der Waals surface area contributed by atoms with Crippen LogP contribution in [0.25, 0.3) is 10.9 Å². The molecule has 28 heavy (non-hydrogen) atoms. The van der Waals surface area contributed by atoms with Crippen molar-refractivity contribution in [2.45, 2.75) is 18.6 Å². The lowest BCUT2D eigenvalue weighted by Crippen LogP contribution is -2.28. The first-order valence-electron chi connectivity index (χ1n) is 8.65. The average molecular weight is 390 g/mol. The van der Waals surface area contributed by atoms with Crippen molar-refractivity contribution >= 4 is 28.4 Å². The van der Waals surface area contributed by atoms with Crippen LogP contribution < -0.4 is 21.5 Å². The van der Waals surface area contributed by atoms with Gasteiger partial charge in [-0.15, -0.1) is 0 Å². The number of nitrogens with zero attached hydrogens (tertiary/aromatic N) is 3. The standard InChI is InChI=1S/C18H17F3N6O/c19-18(20,21)10-2-1-3-12(8-10)24-15-14-13(4-6-23-16(14)28)25-17(26-15)27-7-5-11(22)9-27/h1-4,6,8,11H,5,7,9,22H2,(H,23,28)(H,24,25,26). The van der Waals surface area contributed by atoms with Crippen LogP contribution in [-0.4, -0.2) is 34.1 Å². The number of anilines is 3. The molecule has 1 atom stereocenters. The van der Waals surface area contributed by atoms with Gasteiger partial charge in [0.05, 0.1) is 11.1 Å². The number of H-pyrrole nitrogens is 1. The minimum Gasteiger partial charge on any atom is -0.339 e. The van der Waals surface area contributed by atoms with Gasteiger partial charge in [-0.2, -0.15) is 18.2 Å². The number of pyridine rings is 1. The Bertz CT molecular complexity index is 1080. The van der Waals surface area contributed by atoms with E-state index in [1.54, 1.807) is 6.07 Å². The molecule has 0 amide bonds. The van der Waals surface area contributed by atoms with Crippen LogP contribution in [0.3, 0.4) is 0 Å². The highest BCUT2D eigenvalue weighted by molar-refractivity contribution is 5.91. The third-order valence-corrected chi connectivity index (χ3v) is 4.57. The fraction of sp³-hybridized carbons (Fsp3) is 0.278. The fourth-order valence-corrected chi connectivity index (χ4v) is 3.19. The molecule has 1 saturated heterocycles. The molecule has 3 heterocycles. The Labute approximate surface area is 157 Å². The van der Waals surface area contributed by atoms with Gasteiger partial charge in [0.15, 0.2) is 0 Å². The Kier molecular flexibility index (Phi) is 4.42. The van der Waals surface area contributed by atoms with E-state index >= 15 is 0 Å². The maximum absolute atomic E-state index is 13.0. The van der Waals surface area contributed by atoms with Crippen LogP contribution >= 0.6 is 0 Å². The van der Waals surface area contributed by atoms with Gasteiger partial charge in [0, 0.05) is 31.0 Å². The molecule has 1 aromatic carbocycles. The molecule has 7 nitrogen and oxygen atoms in total. The highest BCUT2D eigenvalue weighted by Gasteiger charge is 2.30. The van der Waals surface area contributed by atoms with E-state index in [0.29, 0.717) is 24.6 Å². The second-order valence-electron chi connectivity index (χ2n) is 6.64. The average Bonchev–Trinajstić information content (AvgIpc) is 3.07. The van der Waals surface area contributed by atoms with E-state index < -0.39 is 17.3 Å². The summed E-state index contributed by atoms with van der Waals surface area (Å²) in [5.74, 6) is 0.516. The van der Waals surface area contributed by atoms with Gasteiger partial charge < -0.3 is 20.9 Å². The summed E-state index contributed by atoms with van der Waals surface area (Å²) in [7, 11) is 0. The van der Waals surface area contributed by atoms with E-state index in [9.17, 15) is 18.0 Å². The zero-order valence-corrected chi connectivity index (χ0v) is 14.6. The van der Waals surface area contributed by atoms with Crippen molar-refractivity contribution in [3.63, 3.8) is 0 Å². The lowest BCUT2D eigenvalue weighted by molar-refractivity contribution is -0.137. The first kappa shape index (κ1) is 18.2. The zero-order valence-electron chi connectivity index (χ0n) is 14.6. The van der Waals surface area contributed by atoms with Crippen molar-refractivity contribution in [2.75, 3.05) is 23.3 Å². The summed E-state index contributed by atoms with van der Waals surface area (Å²) < 4.78 is 39.0. The lowest BCUT2D eigenvalue weighted by Gasteiger charge is -2.18. The van der Waals surface area contributed by atoms with Gasteiger partial charge in [-0.25, -0.2) is 4.98 Å². The number of fused-ring (bicyclic) bond motifs is 1. The molecule has 4 rings (SSSR count). The molecule has 0 saturated carbocycles. The van der Waals surface area contributed by atoms with Gasteiger partial charge in [-0.3, -0.25) is 4.79 Å². The number of nitrogens with two attached hydrogens (primary N) is 1. The number of benzene rings is 1. The SMILES string of the molecule is NC1CCN(c2nc(Nc3cccc(C(F)(F)F)c3)c3c(=O)[nH]ccc3n2)C1. The van der Waals surface area contributed by atoms with Crippen LogP contribution in [0.1, 0.15) is 12.0 Å². The van der Waals surface area contributed by atoms with E-state index in [2.05, 4.69) is 20.3 Å². The molecule has 146 valence electrons. The minimum atomic E-state index is -4.47. The summed E-state index contributed by atoms with van der Waals surface area (Å²) in [6.45, 7) is 1.23. The van der Waals surface area contributed by atoms with Crippen LogP contribution in [0.2, 0.25) is 0 Å². The molecular weight excluding hydrogens is 373 g/mol. The molecule has 10 heteroatoms. The molecule has 0 spiro atoms. The number of rotatable bonds is 3. The Morgan fingerprint density at radius 2 is 2.07 bits per heavy atom. The van der Waals surface area contributed by atoms with Gasteiger partial charge in [-0.1, -0.05) is 6.07 Å². The summed E-state index contributed by atoms with van der Waals surface area (Å²) in [6, 6.07) is 6.34. The predicted octanol–water partition coefficient (Wildman–Crippen LogP) is 2.62. The normalized spacial score (nSPS) is 17.3. The van der Waals surface area contributed by atoms with Crippen molar-refractivity contribution in [3.05, 3.63) is 52.4 Å². The third kappa shape index (κ3) is 3.50. The van der Waals surface area contributed by atoms with Crippen molar-refractivity contribution in [2.24, 2.45) is 5.73 Å². The summed E-state index contributed by atoms with van der Waals surface area (Å²) in [6.07, 6.45) is -2.22. The summed E-state index contributed by atoms with van der Waals surface area (Å²) >= 11 is 0. The maximum Gasteiger partial charge on any atom is 0.416 e. The second-order valence-corrected chi connectivity index (χ2v) is 6.64. The third-order valence-electron chi connectivity index (χ3n) is 4.57. The molecule has 4 N–H and O–H groups in total. The quantitative estimate of drug-likeness (QED) is 0.636. The topological polar surface area (TPSA) is 99.9 Å². The number of hydrogen-bond acceptors (Lipinski definition) is 6. The number of aromatic amines is 1. The summed E-state index contributed by atoms with van der Waals surface area (Å²) in [5, 5.41) is 3.02. The molecule has 1 aliphatic heterocycles. The summed E-state index contributed by atoms with van der Waals surface area (Å²) in [5.41, 5.74) is 5.28. The molecule has 0 aliphatic carbocycles. The number of hydrogen-bond donors (Lipinski definition) is 3. The monoisotopic (exact) mass is 390 g/mol. The van der Waals surface area contributed by atoms with Crippen LogP contribution in [0.4, 0.5) is 30.6 Å². The summed E-state index contributed by atoms with van der Waals surface area (Å²) in [4.78, 5) is 25.6. The largest absolute Gasteiger partial charge is 0.416 e. The molecule has 1 aliphatic rings. The highest BCUT2D eigenvalue weighted by Crippen LogP contribution is 2.32. The molecule has 0 bridgehead atoms. The lowest BCUT2D eigenvalue weighted by atomic mass is 10.2. The Balaban J connectivity index is 1.80. The van der Waals surface area contributed by atoms with Gasteiger partial charge in [0.25, 0.3) is 5.56 Å². The van der Waals surface area contributed by atoms with Crippen LogP contribution in [-0.2, 0) is 6.18 Å². The predicted molar refractivity (Wildman–Crippen MR) is 99.7 cm³/mol. The molecule has 1 unspecified atom stereocenters. The number of aromatic nitrogens is 3. The Morgan fingerprint density at radius 3 is 2.79 bits per heavy atom. The van der Waals surface area contributed by atoms with Crippen molar-refractivity contribution in [1.29, 1.82) is 0 Å². The molecule has 1 fully saturated rings. The van der Waals surface area contributed by atoms with Crippen LogP contribution in [0.5, 0.6) is 0 Å². The van der Waals surface area contributed by atoms with E-state index in [4.69, 9.17) is 5.73 Å². The van der Waals surface area contributed by atoms with Crippen LogP contribution in [0, 0.1) is 0 Å². The first-order chi connectivity index (χ1) is 13.3. The Hall–Kier alpha value is -3.14. The van der Waals surface area contributed by atoms with E-state index in [1.165, 1.54) is 18.3 Å². The van der Waals surface area contributed by atoms with Crippen molar-refractivity contribution < 1.29 is 13.2 Å². The van der Waals surface area contributed by atoms with Crippen LogP contribution in [0.15, 0.2) is 41.3 Å². The van der Waals surface area contributed by atoms with Gasteiger partial charge in [0.2, 0.25) is 5.95 Å². The van der Waals surface area contributed by atoms with Gasteiger partial charge >= 0.3 is 6.18 Å². The smallest absolute Gasteiger partial charge is 0.339 e. The van der Waals surface area contributed by atoms with E-state index in [0.717, 1.165) is 18.6 Å². The second kappa shape index (κ2) is 6.79. The van der Waals surface area contributed by atoms with Gasteiger partial charge in [-0.05, 0) is 30.7 Å². The first-order valence-corrected chi connectivity index (χ1v) is 8.65. The fourth-order valence-electron chi connectivity index (χ4n) is 3.19. The highest BCUT2D eigenvalue weighted by atomic mass is 19.4. The molecular formula is C18H17F3N6O. The molecule has 2 aromatic heterocycles. The van der Waals surface area contributed by atoms with Crippen molar-refractivity contribution in [1.82, 2.24) is 15.0 Å². The van der Waals surface area contributed by atoms with Crippen molar-refractivity contribution in [3.8, 4) is 0 Å². The number of halogens is 3. The molecule has 0 radical (unpaired) electrons. The number of alkyl halides is 3. The zero-order chi connectivity index (χ0) is 19.9. The number of nitrogens with one attached hydrogen (secondary N) is 2. The van der Waals surface area contributed by atoms with Gasteiger partial charge in [0.1, 0.15) is 11.2 Å².